The van der Waals surface area contributed by atoms with Crippen molar-refractivity contribution >= 4 is 18.3 Å². The zero-order valence-electron chi connectivity index (χ0n) is 13.7. The topological polar surface area (TPSA) is 41.6 Å². The number of hydrogen-bond donors (Lipinski definition) is 1. The van der Waals surface area contributed by atoms with Crippen LogP contribution in [0.4, 0.5) is 0 Å². The number of nitrogens with zero attached hydrogens (tertiary/aromatic N) is 1. The Hall–Kier alpha value is -1.10. The first kappa shape index (κ1) is 18.9. The molecule has 4 nitrogen and oxygen atoms in total. The van der Waals surface area contributed by atoms with Crippen molar-refractivity contribution in [2.45, 2.75) is 38.8 Å². The van der Waals surface area contributed by atoms with Crippen LogP contribution in [0.15, 0.2) is 24.3 Å². The van der Waals surface area contributed by atoms with Gasteiger partial charge >= 0.3 is 0 Å². The highest BCUT2D eigenvalue weighted by molar-refractivity contribution is 5.85. The molecule has 0 aromatic heterocycles. The van der Waals surface area contributed by atoms with Gasteiger partial charge in [0.2, 0.25) is 5.91 Å². The minimum absolute atomic E-state index is 0. The lowest BCUT2D eigenvalue weighted by molar-refractivity contribution is -0.132. The molecule has 1 saturated heterocycles. The Morgan fingerprint density at radius 2 is 2.09 bits per heavy atom. The first-order valence-corrected chi connectivity index (χ1v) is 7.68. The van der Waals surface area contributed by atoms with Crippen molar-refractivity contribution in [2.24, 2.45) is 0 Å². The van der Waals surface area contributed by atoms with E-state index < -0.39 is 0 Å². The Balaban J connectivity index is 0.00000242. The molecule has 1 heterocycles. The van der Waals surface area contributed by atoms with Crippen LogP contribution in [0.3, 0.4) is 0 Å². The molecule has 124 valence electrons. The Morgan fingerprint density at radius 3 is 2.68 bits per heavy atom. The molecule has 1 aromatic carbocycles. The monoisotopic (exact) mass is 326 g/mol. The number of carbonyl (C=O) groups is 1. The third kappa shape index (κ3) is 5.59. The number of hydrogen-bond acceptors (Lipinski definition) is 3. The van der Waals surface area contributed by atoms with Crippen LogP contribution < -0.4 is 5.32 Å². The summed E-state index contributed by atoms with van der Waals surface area (Å²) in [4.78, 5) is 14.2. The van der Waals surface area contributed by atoms with Gasteiger partial charge in [-0.25, -0.2) is 0 Å². The zero-order chi connectivity index (χ0) is 15.2. The number of amides is 1. The average Bonchev–Trinajstić information content (AvgIpc) is 2.49. The molecule has 1 aromatic rings. The fraction of sp³-hybridized carbons (Fsp3) is 0.588. The molecule has 5 heteroatoms. The number of aryl methyl sites for hydroxylation is 1. The number of ether oxygens (including phenoxy) is 1. The molecule has 0 saturated carbocycles. The van der Waals surface area contributed by atoms with Gasteiger partial charge in [-0.1, -0.05) is 29.8 Å². The van der Waals surface area contributed by atoms with E-state index in [1.807, 2.05) is 11.9 Å². The smallest absolute Gasteiger partial charge is 0.224 e. The minimum atomic E-state index is 0. The van der Waals surface area contributed by atoms with E-state index in [0.717, 1.165) is 19.6 Å². The fourth-order valence-corrected chi connectivity index (χ4v) is 2.55. The third-order valence-electron chi connectivity index (χ3n) is 4.13. The van der Waals surface area contributed by atoms with Crippen LogP contribution in [-0.2, 0) is 16.0 Å². The number of likely N-dealkylation sites (N-methyl/N-ethyl adjacent to an activating group) is 1. The molecule has 0 radical (unpaired) electrons. The summed E-state index contributed by atoms with van der Waals surface area (Å²) >= 11 is 0. The van der Waals surface area contributed by atoms with Gasteiger partial charge < -0.3 is 15.0 Å². The highest BCUT2D eigenvalue weighted by Gasteiger charge is 2.22. The van der Waals surface area contributed by atoms with E-state index in [9.17, 15) is 4.79 Å². The minimum Gasteiger partial charge on any atom is -0.378 e. The molecule has 0 aliphatic carbocycles. The first-order chi connectivity index (χ1) is 10.1. The summed E-state index contributed by atoms with van der Waals surface area (Å²) in [5, 5.41) is 3.33. The molecule has 0 bridgehead atoms. The maximum atomic E-state index is 12.3. The highest BCUT2D eigenvalue weighted by Crippen LogP contribution is 2.11. The molecule has 1 amide bonds. The van der Waals surface area contributed by atoms with Crippen LogP contribution in [0.2, 0.25) is 0 Å². The van der Waals surface area contributed by atoms with Gasteiger partial charge in [-0.05, 0) is 25.8 Å². The van der Waals surface area contributed by atoms with Gasteiger partial charge in [-0.2, -0.15) is 0 Å². The summed E-state index contributed by atoms with van der Waals surface area (Å²) in [6, 6.07) is 8.87. The standard InChI is InChI=1S/C17H26N2O2.ClH/c1-13-4-6-15(7-5-13)10-14(2)19(3)17(20)11-16-12-21-9-8-18-16;/h4-7,14,16,18H,8-12H2,1-3H3;1H. The molecular formula is C17H27ClN2O2. The van der Waals surface area contributed by atoms with Crippen molar-refractivity contribution < 1.29 is 9.53 Å². The number of benzene rings is 1. The molecule has 22 heavy (non-hydrogen) atoms. The number of halogens is 1. The van der Waals surface area contributed by atoms with E-state index in [0.29, 0.717) is 13.0 Å². The number of carbonyl (C=O) groups excluding carboxylic acids is 1. The third-order valence-corrected chi connectivity index (χ3v) is 4.13. The molecule has 2 atom stereocenters. The lowest BCUT2D eigenvalue weighted by Gasteiger charge is -2.29. The van der Waals surface area contributed by atoms with E-state index in [1.165, 1.54) is 11.1 Å². The van der Waals surface area contributed by atoms with Crippen molar-refractivity contribution in [3.05, 3.63) is 35.4 Å². The molecule has 0 spiro atoms. The van der Waals surface area contributed by atoms with Crippen LogP contribution in [0.25, 0.3) is 0 Å². The maximum absolute atomic E-state index is 12.3. The van der Waals surface area contributed by atoms with Gasteiger partial charge in [0.1, 0.15) is 0 Å². The molecule has 1 aliphatic heterocycles. The second-order valence-corrected chi connectivity index (χ2v) is 5.97. The quantitative estimate of drug-likeness (QED) is 0.902. The van der Waals surface area contributed by atoms with Gasteiger partial charge in [0.25, 0.3) is 0 Å². The molecular weight excluding hydrogens is 300 g/mol. The number of morpholine rings is 1. The van der Waals surface area contributed by atoms with Crippen LogP contribution in [0, 0.1) is 6.92 Å². The summed E-state index contributed by atoms with van der Waals surface area (Å²) in [5.74, 6) is 0.178. The summed E-state index contributed by atoms with van der Waals surface area (Å²) in [7, 11) is 1.89. The Bertz CT molecular complexity index is 458. The van der Waals surface area contributed by atoms with Crippen molar-refractivity contribution in [1.82, 2.24) is 10.2 Å². The summed E-state index contributed by atoms with van der Waals surface area (Å²) in [5.41, 5.74) is 2.53. The van der Waals surface area contributed by atoms with E-state index in [1.54, 1.807) is 0 Å². The van der Waals surface area contributed by atoms with Crippen molar-refractivity contribution in [3.8, 4) is 0 Å². The lowest BCUT2D eigenvalue weighted by Crippen LogP contribution is -2.46. The molecule has 1 fully saturated rings. The SMILES string of the molecule is Cc1ccc(CC(C)N(C)C(=O)CC2COCCN2)cc1.Cl. The summed E-state index contributed by atoms with van der Waals surface area (Å²) < 4.78 is 5.40. The lowest BCUT2D eigenvalue weighted by atomic mass is 10.0. The fourth-order valence-electron chi connectivity index (χ4n) is 2.55. The van der Waals surface area contributed by atoms with Crippen molar-refractivity contribution in [3.63, 3.8) is 0 Å². The van der Waals surface area contributed by atoms with Gasteiger partial charge in [0, 0.05) is 32.1 Å². The Kier molecular flexibility index (Phi) is 7.87. The van der Waals surface area contributed by atoms with Gasteiger partial charge in [-0.3, -0.25) is 4.79 Å². The van der Waals surface area contributed by atoms with Gasteiger partial charge in [0.15, 0.2) is 0 Å². The van der Waals surface area contributed by atoms with Gasteiger partial charge in [0.05, 0.1) is 13.2 Å². The number of rotatable bonds is 5. The predicted octanol–water partition coefficient (Wildman–Crippen LogP) is 2.18. The van der Waals surface area contributed by atoms with Crippen LogP contribution >= 0.6 is 12.4 Å². The average molecular weight is 327 g/mol. The van der Waals surface area contributed by atoms with E-state index in [-0.39, 0.29) is 30.4 Å². The van der Waals surface area contributed by atoms with Crippen LogP contribution in [-0.4, -0.2) is 49.7 Å². The van der Waals surface area contributed by atoms with E-state index >= 15 is 0 Å². The zero-order valence-corrected chi connectivity index (χ0v) is 14.5. The second-order valence-electron chi connectivity index (χ2n) is 5.97. The Labute approximate surface area is 139 Å². The maximum Gasteiger partial charge on any atom is 0.224 e. The van der Waals surface area contributed by atoms with E-state index in [2.05, 4.69) is 43.4 Å². The predicted molar refractivity (Wildman–Crippen MR) is 91.6 cm³/mol. The summed E-state index contributed by atoms with van der Waals surface area (Å²) in [6.45, 7) is 6.39. The normalized spacial score (nSPS) is 19.1. The van der Waals surface area contributed by atoms with E-state index in [4.69, 9.17) is 4.74 Å². The highest BCUT2D eigenvalue weighted by atomic mass is 35.5. The van der Waals surface area contributed by atoms with Gasteiger partial charge in [-0.15, -0.1) is 12.4 Å². The molecule has 1 aliphatic rings. The molecule has 1 N–H and O–H groups in total. The largest absolute Gasteiger partial charge is 0.378 e. The van der Waals surface area contributed by atoms with Crippen molar-refractivity contribution in [2.75, 3.05) is 26.8 Å². The van der Waals surface area contributed by atoms with Crippen LogP contribution in [0.1, 0.15) is 24.5 Å². The molecule has 2 unspecified atom stereocenters. The second kappa shape index (κ2) is 9.13. The van der Waals surface area contributed by atoms with Crippen LogP contribution in [0.5, 0.6) is 0 Å². The first-order valence-electron chi connectivity index (χ1n) is 7.68. The van der Waals surface area contributed by atoms with Crippen molar-refractivity contribution in [1.29, 1.82) is 0 Å². The number of nitrogens with one attached hydrogen (secondary N) is 1. The Morgan fingerprint density at radius 1 is 1.41 bits per heavy atom. The summed E-state index contributed by atoms with van der Waals surface area (Å²) in [6.07, 6.45) is 1.39. The molecule has 2 rings (SSSR count).